The van der Waals surface area contributed by atoms with Crippen LogP contribution in [0, 0.1) is 5.82 Å². The maximum atomic E-state index is 15.9. The Labute approximate surface area is 285 Å². The van der Waals surface area contributed by atoms with Crippen LogP contribution in [0.25, 0.3) is 22.3 Å². The van der Waals surface area contributed by atoms with Crippen molar-refractivity contribution in [3.05, 3.63) is 88.8 Å². The maximum Gasteiger partial charge on any atom is 0.416 e. The lowest BCUT2D eigenvalue weighted by Crippen LogP contribution is -2.24. The van der Waals surface area contributed by atoms with Crippen LogP contribution in [-0.2, 0) is 22.2 Å². The molecule has 3 heterocycles. The fourth-order valence-corrected chi connectivity index (χ4v) is 5.87. The highest BCUT2D eigenvalue weighted by Gasteiger charge is 2.32. The minimum absolute atomic E-state index is 0.0503. The zero-order chi connectivity index (χ0) is 34.5. The van der Waals surface area contributed by atoms with Gasteiger partial charge in [0.25, 0.3) is 0 Å². The zero-order valence-electron chi connectivity index (χ0n) is 26.8. The molecule has 0 amide bonds. The van der Waals surface area contributed by atoms with Gasteiger partial charge in [0.05, 0.1) is 48.3 Å². The van der Waals surface area contributed by atoms with Gasteiger partial charge in [-0.2, -0.15) is 18.3 Å². The van der Waals surface area contributed by atoms with Crippen LogP contribution in [0.15, 0.2) is 66.9 Å². The first-order chi connectivity index (χ1) is 23.6. The van der Waals surface area contributed by atoms with Gasteiger partial charge in [0.15, 0.2) is 6.29 Å². The molecule has 5 aromatic rings. The Balaban J connectivity index is 1.41. The summed E-state index contributed by atoms with van der Waals surface area (Å²) in [5.41, 5.74) is 1.15. The Morgan fingerprint density at radius 1 is 1.04 bits per heavy atom. The van der Waals surface area contributed by atoms with Gasteiger partial charge in [-0.1, -0.05) is 29.8 Å². The van der Waals surface area contributed by atoms with Crippen molar-refractivity contribution in [2.75, 3.05) is 38.4 Å². The molecule has 2 aromatic heterocycles. The SMILES string of the molecule is CCN(c1nc(-c2c(F)cccc2OCCOC2CCCCO2)c2nn(Cc3ccc(OC)cc3)cc2n1)c1ccc(C(F)(F)F)cc1Cl. The first-order valence-electron chi connectivity index (χ1n) is 15.8. The molecule has 49 heavy (non-hydrogen) atoms. The number of fused-ring (bicyclic) bond motifs is 1. The molecular formula is C35H34ClF4N5O4. The number of rotatable bonds is 12. The molecular weight excluding hydrogens is 666 g/mol. The predicted molar refractivity (Wildman–Crippen MR) is 177 cm³/mol. The van der Waals surface area contributed by atoms with E-state index in [1.54, 1.807) is 35.9 Å². The standard InChI is InChI=1S/C35H34ClF4N5O4/c1-3-45(28-15-12-23(19-25(28)36)35(38,39)40)34-41-27-21-44(20-22-10-13-24(46-2)14-11-22)43-32(27)33(42-34)31-26(37)7-6-8-29(31)47-17-18-49-30-9-4-5-16-48-30/h6-8,10-15,19,21,30H,3-5,9,16-18,20H2,1-2H3. The van der Waals surface area contributed by atoms with Crippen LogP contribution in [0.3, 0.4) is 0 Å². The van der Waals surface area contributed by atoms with Crippen molar-refractivity contribution in [3.63, 3.8) is 0 Å². The molecule has 0 spiro atoms. The number of hydrogen-bond acceptors (Lipinski definition) is 8. The summed E-state index contributed by atoms with van der Waals surface area (Å²) in [6, 6.07) is 15.0. The zero-order valence-corrected chi connectivity index (χ0v) is 27.6. The van der Waals surface area contributed by atoms with Gasteiger partial charge in [0, 0.05) is 13.2 Å². The molecule has 9 nitrogen and oxygen atoms in total. The summed E-state index contributed by atoms with van der Waals surface area (Å²) in [6.45, 7) is 3.35. The van der Waals surface area contributed by atoms with Gasteiger partial charge in [0.1, 0.15) is 40.7 Å². The number of benzene rings is 3. The Bertz CT molecular complexity index is 1900. The van der Waals surface area contributed by atoms with Gasteiger partial charge in [-0.05, 0) is 74.2 Å². The number of halogens is 5. The van der Waals surface area contributed by atoms with Crippen LogP contribution in [0.2, 0.25) is 5.02 Å². The summed E-state index contributed by atoms with van der Waals surface area (Å²) in [6.07, 6.45) is -0.368. The minimum atomic E-state index is -4.57. The van der Waals surface area contributed by atoms with Gasteiger partial charge in [-0.15, -0.1) is 0 Å². The summed E-state index contributed by atoms with van der Waals surface area (Å²) in [5.74, 6) is 0.389. The third-order valence-electron chi connectivity index (χ3n) is 8.02. The fourth-order valence-electron chi connectivity index (χ4n) is 5.59. The highest BCUT2D eigenvalue weighted by atomic mass is 35.5. The Kier molecular flexibility index (Phi) is 10.5. The number of anilines is 2. The maximum absolute atomic E-state index is 15.9. The van der Waals surface area contributed by atoms with E-state index in [2.05, 4.69) is 0 Å². The fraction of sp³-hybridized carbons (Fsp3) is 0.343. The summed E-state index contributed by atoms with van der Waals surface area (Å²) in [4.78, 5) is 11.1. The molecule has 0 bridgehead atoms. The molecule has 1 aliphatic heterocycles. The Morgan fingerprint density at radius 3 is 2.55 bits per heavy atom. The molecule has 1 unspecified atom stereocenters. The number of methoxy groups -OCH3 is 1. The predicted octanol–water partition coefficient (Wildman–Crippen LogP) is 8.44. The second kappa shape index (κ2) is 15.0. The molecule has 0 aliphatic carbocycles. The van der Waals surface area contributed by atoms with Crippen molar-refractivity contribution in [3.8, 4) is 22.8 Å². The van der Waals surface area contributed by atoms with E-state index in [1.807, 2.05) is 24.3 Å². The van der Waals surface area contributed by atoms with E-state index in [1.165, 1.54) is 18.2 Å². The highest BCUT2D eigenvalue weighted by molar-refractivity contribution is 6.33. The number of nitrogens with zero attached hydrogens (tertiary/aromatic N) is 5. The first-order valence-corrected chi connectivity index (χ1v) is 16.2. The quantitative estimate of drug-likeness (QED) is 0.0948. The molecule has 258 valence electrons. The lowest BCUT2D eigenvalue weighted by molar-refractivity contribution is -0.165. The van der Waals surface area contributed by atoms with Crippen LogP contribution < -0.4 is 14.4 Å². The topological polar surface area (TPSA) is 83.8 Å². The van der Waals surface area contributed by atoms with E-state index < -0.39 is 17.6 Å². The second-order valence-electron chi connectivity index (χ2n) is 11.3. The minimum Gasteiger partial charge on any atom is -0.497 e. The normalized spacial score (nSPS) is 15.0. The van der Waals surface area contributed by atoms with E-state index in [4.69, 9.17) is 45.6 Å². The number of hydrogen-bond donors (Lipinski definition) is 0. The molecule has 1 fully saturated rings. The van der Waals surface area contributed by atoms with Gasteiger partial charge in [-0.25, -0.2) is 14.4 Å². The lowest BCUT2D eigenvalue weighted by Gasteiger charge is -2.24. The molecule has 0 radical (unpaired) electrons. The summed E-state index contributed by atoms with van der Waals surface area (Å²) >= 11 is 6.40. The third kappa shape index (κ3) is 7.90. The third-order valence-corrected chi connectivity index (χ3v) is 8.32. The van der Waals surface area contributed by atoms with Crippen molar-refractivity contribution >= 4 is 34.3 Å². The largest absolute Gasteiger partial charge is 0.497 e. The Morgan fingerprint density at radius 2 is 1.86 bits per heavy atom. The molecule has 1 atom stereocenters. The smallest absolute Gasteiger partial charge is 0.416 e. The molecule has 0 saturated carbocycles. The number of aromatic nitrogens is 4. The molecule has 1 saturated heterocycles. The van der Waals surface area contributed by atoms with Crippen molar-refractivity contribution in [2.24, 2.45) is 0 Å². The monoisotopic (exact) mass is 699 g/mol. The van der Waals surface area contributed by atoms with Crippen molar-refractivity contribution < 1.29 is 36.5 Å². The van der Waals surface area contributed by atoms with E-state index in [0.29, 0.717) is 29.9 Å². The average Bonchev–Trinajstić information content (AvgIpc) is 3.50. The molecule has 6 rings (SSSR count). The van der Waals surface area contributed by atoms with Crippen LogP contribution in [-0.4, -0.2) is 59.5 Å². The summed E-state index contributed by atoms with van der Waals surface area (Å²) in [7, 11) is 1.59. The van der Waals surface area contributed by atoms with Crippen molar-refractivity contribution in [2.45, 2.75) is 45.2 Å². The van der Waals surface area contributed by atoms with Gasteiger partial charge < -0.3 is 23.8 Å². The highest BCUT2D eigenvalue weighted by Crippen LogP contribution is 2.40. The van der Waals surface area contributed by atoms with Crippen molar-refractivity contribution in [1.29, 1.82) is 0 Å². The number of alkyl halides is 3. The summed E-state index contributed by atoms with van der Waals surface area (Å²) < 4.78 is 80.5. The van der Waals surface area contributed by atoms with E-state index in [9.17, 15) is 13.2 Å². The van der Waals surface area contributed by atoms with E-state index in [-0.39, 0.29) is 59.7 Å². The number of ether oxygens (including phenoxy) is 4. The van der Waals surface area contributed by atoms with E-state index >= 15 is 4.39 Å². The summed E-state index contributed by atoms with van der Waals surface area (Å²) in [5, 5.41) is 4.60. The van der Waals surface area contributed by atoms with Gasteiger partial charge in [0.2, 0.25) is 5.95 Å². The van der Waals surface area contributed by atoms with Gasteiger partial charge in [-0.3, -0.25) is 4.68 Å². The van der Waals surface area contributed by atoms with Crippen LogP contribution in [0.1, 0.15) is 37.3 Å². The van der Waals surface area contributed by atoms with Crippen LogP contribution in [0.4, 0.5) is 29.2 Å². The van der Waals surface area contributed by atoms with Gasteiger partial charge >= 0.3 is 6.18 Å². The van der Waals surface area contributed by atoms with E-state index in [0.717, 1.165) is 37.0 Å². The van der Waals surface area contributed by atoms with Crippen molar-refractivity contribution in [1.82, 2.24) is 19.7 Å². The average molecular weight is 700 g/mol. The molecule has 3 aromatic carbocycles. The molecule has 1 aliphatic rings. The van der Waals surface area contributed by atoms with Crippen LogP contribution >= 0.6 is 11.6 Å². The lowest BCUT2D eigenvalue weighted by atomic mass is 10.1. The molecule has 14 heteroatoms. The Hall–Kier alpha value is -4.46. The first kappa shape index (κ1) is 34.4. The van der Waals surface area contributed by atoms with Crippen LogP contribution in [0.5, 0.6) is 11.5 Å². The second-order valence-corrected chi connectivity index (χ2v) is 11.7. The molecule has 0 N–H and O–H groups in total.